The Kier molecular flexibility index (Phi) is 6.12. The number of fused-ring (bicyclic) bond motifs is 1. The van der Waals surface area contributed by atoms with Crippen LogP contribution in [0.4, 0.5) is 11.4 Å². The lowest BCUT2D eigenvalue weighted by Gasteiger charge is -2.22. The molecule has 0 aromatic heterocycles. The number of benzene rings is 2. The third-order valence-corrected chi connectivity index (χ3v) is 7.34. The van der Waals surface area contributed by atoms with E-state index >= 15 is 0 Å². The summed E-state index contributed by atoms with van der Waals surface area (Å²) in [6.07, 6.45) is 4.60. The summed E-state index contributed by atoms with van der Waals surface area (Å²) in [5, 5.41) is 0. The molecule has 0 spiro atoms. The van der Waals surface area contributed by atoms with Gasteiger partial charge in [-0.25, -0.2) is 4.90 Å². The monoisotopic (exact) mass is 488 g/mol. The predicted molar refractivity (Wildman–Crippen MR) is 133 cm³/mol. The van der Waals surface area contributed by atoms with Crippen molar-refractivity contribution >= 4 is 35.1 Å². The highest BCUT2D eigenvalue weighted by molar-refractivity contribution is 6.22. The van der Waals surface area contributed by atoms with E-state index in [9.17, 15) is 19.2 Å². The first-order valence-corrected chi connectivity index (χ1v) is 12.1. The minimum atomic E-state index is -0.599. The summed E-state index contributed by atoms with van der Waals surface area (Å²) < 4.78 is 10.8. The van der Waals surface area contributed by atoms with Gasteiger partial charge < -0.3 is 14.4 Å². The van der Waals surface area contributed by atoms with E-state index in [4.69, 9.17) is 9.47 Å². The zero-order valence-corrected chi connectivity index (χ0v) is 20.5. The molecule has 0 radical (unpaired) electrons. The fourth-order valence-corrected chi connectivity index (χ4v) is 5.40. The second kappa shape index (κ2) is 9.26. The van der Waals surface area contributed by atoms with Crippen molar-refractivity contribution in [2.75, 3.05) is 23.5 Å². The topological polar surface area (TPSA) is 93.2 Å². The maximum absolute atomic E-state index is 13.1. The third-order valence-electron chi connectivity index (χ3n) is 7.34. The van der Waals surface area contributed by atoms with Crippen molar-refractivity contribution < 1.29 is 28.7 Å². The number of carbonyl (C=O) groups is 4. The number of allylic oxidation sites excluding steroid dienone is 2. The number of ether oxygens (including phenoxy) is 2. The van der Waals surface area contributed by atoms with Crippen LogP contribution in [0.3, 0.4) is 0 Å². The van der Waals surface area contributed by atoms with Gasteiger partial charge in [-0.05, 0) is 67.3 Å². The molecule has 186 valence electrons. The van der Waals surface area contributed by atoms with Gasteiger partial charge in [-0.3, -0.25) is 19.2 Å². The average Bonchev–Trinajstić information content (AvgIpc) is 3.37. The molecule has 5 rings (SSSR count). The van der Waals surface area contributed by atoms with Gasteiger partial charge >= 0.3 is 5.97 Å². The van der Waals surface area contributed by atoms with Gasteiger partial charge in [-0.15, -0.1) is 0 Å². The number of anilines is 2. The van der Waals surface area contributed by atoms with Crippen molar-refractivity contribution in [2.24, 2.45) is 23.7 Å². The van der Waals surface area contributed by atoms with E-state index in [1.165, 1.54) is 4.90 Å². The van der Waals surface area contributed by atoms with Gasteiger partial charge in [0.1, 0.15) is 11.5 Å². The Morgan fingerprint density at radius 3 is 2.39 bits per heavy atom. The van der Waals surface area contributed by atoms with Gasteiger partial charge in [-0.1, -0.05) is 19.1 Å². The summed E-state index contributed by atoms with van der Waals surface area (Å²) in [5.74, 6) is -1.28. The van der Waals surface area contributed by atoms with Gasteiger partial charge in [0.05, 0.1) is 30.6 Å². The Morgan fingerprint density at radius 2 is 1.72 bits per heavy atom. The van der Waals surface area contributed by atoms with E-state index in [1.807, 2.05) is 19.1 Å². The van der Waals surface area contributed by atoms with E-state index in [0.717, 1.165) is 0 Å². The third kappa shape index (κ3) is 4.06. The van der Waals surface area contributed by atoms with Crippen LogP contribution in [0.5, 0.6) is 11.5 Å². The Morgan fingerprint density at radius 1 is 1.00 bits per heavy atom. The molecule has 8 nitrogen and oxygen atoms in total. The van der Waals surface area contributed by atoms with E-state index in [1.54, 1.807) is 61.4 Å². The van der Waals surface area contributed by atoms with E-state index < -0.39 is 11.9 Å². The number of nitrogens with zero attached hydrogens (tertiary/aromatic N) is 2. The SMILES string of the molecule is COc1ccc(N2C[C@H](C(=O)Oc3ccc(N4C(=O)[C@H]5[C@H](C)C=CC[C@H]5C4=O)c(C)c3)CC2=O)cc1. The summed E-state index contributed by atoms with van der Waals surface area (Å²) >= 11 is 0. The first kappa shape index (κ1) is 23.8. The van der Waals surface area contributed by atoms with Gasteiger partial charge in [0, 0.05) is 18.7 Å². The van der Waals surface area contributed by atoms with Crippen LogP contribution in [0.1, 0.15) is 25.3 Å². The van der Waals surface area contributed by atoms with Crippen molar-refractivity contribution in [2.45, 2.75) is 26.7 Å². The summed E-state index contributed by atoms with van der Waals surface area (Å²) in [7, 11) is 1.57. The number of amides is 3. The number of methoxy groups -OCH3 is 1. The Bertz CT molecular complexity index is 1270. The van der Waals surface area contributed by atoms with Crippen LogP contribution < -0.4 is 19.3 Å². The Hall–Kier alpha value is -3.94. The molecule has 1 aliphatic carbocycles. The lowest BCUT2D eigenvalue weighted by atomic mass is 9.78. The molecule has 0 N–H and O–H groups in total. The van der Waals surface area contributed by atoms with Crippen LogP contribution >= 0.6 is 0 Å². The van der Waals surface area contributed by atoms with Crippen molar-refractivity contribution in [3.8, 4) is 11.5 Å². The van der Waals surface area contributed by atoms with Crippen molar-refractivity contribution in [3.63, 3.8) is 0 Å². The minimum absolute atomic E-state index is 0.0114. The normalized spacial score (nSPS) is 25.4. The smallest absolute Gasteiger partial charge is 0.316 e. The Labute approximate surface area is 209 Å². The molecular formula is C28H28N2O6. The molecule has 2 saturated heterocycles. The summed E-state index contributed by atoms with van der Waals surface area (Å²) in [4.78, 5) is 54.4. The first-order chi connectivity index (χ1) is 17.3. The molecule has 36 heavy (non-hydrogen) atoms. The second-order valence-electron chi connectivity index (χ2n) is 9.64. The number of aryl methyl sites for hydroxylation is 1. The molecule has 2 fully saturated rings. The van der Waals surface area contributed by atoms with E-state index in [2.05, 4.69) is 0 Å². The maximum Gasteiger partial charge on any atom is 0.316 e. The highest BCUT2D eigenvalue weighted by Crippen LogP contribution is 2.41. The number of hydrogen-bond acceptors (Lipinski definition) is 6. The van der Waals surface area contributed by atoms with E-state index in [-0.39, 0.29) is 48.4 Å². The number of carbonyl (C=O) groups excluding carboxylic acids is 4. The van der Waals surface area contributed by atoms with E-state index in [0.29, 0.717) is 34.9 Å². The molecule has 2 heterocycles. The molecule has 4 atom stereocenters. The van der Waals surface area contributed by atoms with Crippen LogP contribution in [-0.4, -0.2) is 37.3 Å². The van der Waals surface area contributed by atoms with Gasteiger partial charge in [0.25, 0.3) is 0 Å². The molecular weight excluding hydrogens is 460 g/mol. The van der Waals surface area contributed by atoms with Crippen LogP contribution in [0.15, 0.2) is 54.6 Å². The zero-order chi connectivity index (χ0) is 25.6. The summed E-state index contributed by atoms with van der Waals surface area (Å²) in [6.45, 7) is 3.97. The van der Waals surface area contributed by atoms with Gasteiger partial charge in [-0.2, -0.15) is 0 Å². The molecule has 2 aliphatic heterocycles. The lowest BCUT2D eigenvalue weighted by molar-refractivity contribution is -0.139. The highest BCUT2D eigenvalue weighted by atomic mass is 16.5. The summed E-state index contributed by atoms with van der Waals surface area (Å²) in [5.41, 5.74) is 1.86. The zero-order valence-electron chi connectivity index (χ0n) is 20.5. The largest absolute Gasteiger partial charge is 0.497 e. The second-order valence-corrected chi connectivity index (χ2v) is 9.64. The molecule has 2 aromatic rings. The Balaban J connectivity index is 1.27. The number of esters is 1. The van der Waals surface area contributed by atoms with Crippen LogP contribution in [0, 0.1) is 30.6 Å². The van der Waals surface area contributed by atoms with Crippen LogP contribution in [-0.2, 0) is 19.2 Å². The fourth-order valence-electron chi connectivity index (χ4n) is 5.40. The minimum Gasteiger partial charge on any atom is -0.497 e. The van der Waals surface area contributed by atoms with Crippen molar-refractivity contribution in [1.29, 1.82) is 0 Å². The average molecular weight is 489 g/mol. The molecule has 3 amide bonds. The molecule has 3 aliphatic rings. The lowest BCUT2D eigenvalue weighted by Crippen LogP contribution is -2.32. The van der Waals surface area contributed by atoms with Crippen LogP contribution in [0.25, 0.3) is 0 Å². The fraction of sp³-hybridized carbons (Fsp3) is 0.357. The number of imide groups is 1. The highest BCUT2D eigenvalue weighted by Gasteiger charge is 2.50. The van der Waals surface area contributed by atoms with Crippen molar-refractivity contribution in [3.05, 3.63) is 60.2 Å². The molecule has 2 aromatic carbocycles. The molecule has 8 heteroatoms. The molecule has 0 saturated carbocycles. The quantitative estimate of drug-likeness (QED) is 0.276. The standard InChI is InChI=1S/C28H28N2O6/c1-16-5-4-6-22-25(16)27(33)30(26(22)32)23-12-11-21(13-17(23)2)36-28(34)18-14-24(31)29(15-18)19-7-9-20(35-3)10-8-19/h4-5,7-13,16,18,22,25H,6,14-15H2,1-3H3/t16-,18-,22-,25+/m1/s1. The first-order valence-electron chi connectivity index (χ1n) is 12.1. The number of hydrogen-bond donors (Lipinski definition) is 0. The van der Waals surface area contributed by atoms with Gasteiger partial charge in [0.15, 0.2) is 0 Å². The molecule has 0 unspecified atom stereocenters. The van der Waals surface area contributed by atoms with Crippen LogP contribution in [0.2, 0.25) is 0 Å². The predicted octanol–water partition coefficient (Wildman–Crippen LogP) is 3.66. The van der Waals surface area contributed by atoms with Crippen molar-refractivity contribution in [1.82, 2.24) is 0 Å². The maximum atomic E-state index is 13.1. The summed E-state index contributed by atoms with van der Waals surface area (Å²) in [6, 6.07) is 12.0. The number of rotatable bonds is 5. The molecule has 0 bridgehead atoms. The van der Waals surface area contributed by atoms with Gasteiger partial charge in [0.2, 0.25) is 17.7 Å².